The van der Waals surface area contributed by atoms with Crippen LogP contribution in [0.15, 0.2) is 41.6 Å². The number of urea groups is 1. The fraction of sp³-hybridized carbons (Fsp3) is 0.278. The Morgan fingerprint density at radius 1 is 1.17 bits per heavy atom. The molecule has 1 fully saturated rings. The highest BCUT2D eigenvalue weighted by atomic mass is 32.1. The zero-order chi connectivity index (χ0) is 22.4. The van der Waals surface area contributed by atoms with E-state index >= 15 is 0 Å². The number of aromatic nitrogens is 1. The second kappa shape index (κ2) is 7.27. The molecular formula is C18H15F3N4O4S. The smallest absolute Gasteiger partial charge is 0.305 e. The number of anilines is 1. The fourth-order valence-corrected chi connectivity index (χ4v) is 3.54. The van der Waals surface area contributed by atoms with Crippen molar-refractivity contribution in [3.05, 3.63) is 57.9 Å². The molecule has 0 atom stereocenters. The Morgan fingerprint density at radius 3 is 2.30 bits per heavy atom. The first-order valence-corrected chi connectivity index (χ1v) is 8.94. The van der Waals surface area contributed by atoms with E-state index in [-0.39, 0.29) is 6.54 Å². The van der Waals surface area contributed by atoms with E-state index in [1.165, 1.54) is 31.1 Å². The third-order valence-electron chi connectivity index (χ3n) is 4.77. The molecule has 12 heteroatoms. The number of halogens is 3. The number of carbonyl (C=O) groups excluding carboxylic acids is 2. The second-order valence-corrected chi connectivity index (χ2v) is 7.46. The first-order chi connectivity index (χ1) is 13.9. The first kappa shape index (κ1) is 21.6. The maximum atomic E-state index is 13.1. The van der Waals surface area contributed by atoms with Crippen molar-refractivity contribution in [2.75, 3.05) is 4.90 Å². The van der Waals surface area contributed by atoms with E-state index in [2.05, 4.69) is 17.6 Å². The maximum absolute atomic E-state index is 13.1. The summed E-state index contributed by atoms with van der Waals surface area (Å²) < 4.78 is 39.4. The van der Waals surface area contributed by atoms with Crippen LogP contribution in [-0.2, 0) is 17.5 Å². The minimum Gasteiger partial charge on any atom is -0.305 e. The van der Waals surface area contributed by atoms with E-state index in [4.69, 9.17) is 0 Å². The van der Waals surface area contributed by atoms with E-state index < -0.39 is 50.4 Å². The maximum Gasteiger partial charge on any atom is 0.417 e. The van der Waals surface area contributed by atoms with Crippen molar-refractivity contribution < 1.29 is 27.7 Å². The van der Waals surface area contributed by atoms with Gasteiger partial charge in [-0.25, -0.2) is 9.69 Å². The number of imide groups is 1. The van der Waals surface area contributed by atoms with Crippen LogP contribution in [0.2, 0.25) is 0 Å². The molecule has 3 rings (SSSR count). The van der Waals surface area contributed by atoms with Gasteiger partial charge in [-0.1, -0.05) is 0 Å². The minimum atomic E-state index is -4.90. The molecule has 8 nitrogen and oxygen atoms in total. The van der Waals surface area contributed by atoms with E-state index in [0.717, 1.165) is 6.07 Å². The van der Waals surface area contributed by atoms with Crippen molar-refractivity contribution in [1.29, 1.82) is 0 Å². The number of hydrogen-bond acceptors (Lipinski definition) is 6. The summed E-state index contributed by atoms with van der Waals surface area (Å²) in [5, 5.41) is 11.5. The summed E-state index contributed by atoms with van der Waals surface area (Å²) in [6.45, 7) is 2.90. The predicted molar refractivity (Wildman–Crippen MR) is 102 cm³/mol. The highest BCUT2D eigenvalue weighted by Crippen LogP contribution is 2.45. The van der Waals surface area contributed by atoms with Gasteiger partial charge >= 0.3 is 17.9 Å². The molecule has 2 aromatic rings. The Bertz CT molecular complexity index is 1040. The molecule has 0 radical (unpaired) electrons. The summed E-state index contributed by atoms with van der Waals surface area (Å²) >= 11 is 3.68. The Labute approximate surface area is 173 Å². The van der Waals surface area contributed by atoms with Gasteiger partial charge in [0.15, 0.2) is 0 Å². The quantitative estimate of drug-likeness (QED) is 0.335. The van der Waals surface area contributed by atoms with Crippen LogP contribution in [0.4, 0.5) is 29.3 Å². The molecule has 1 aromatic heterocycles. The summed E-state index contributed by atoms with van der Waals surface area (Å²) in [6, 6.07) is 3.66. The number of benzene rings is 1. The number of thiol groups is 1. The van der Waals surface area contributed by atoms with Crippen LogP contribution in [0.1, 0.15) is 25.0 Å². The number of nitro benzene ring substituents is 1. The SMILES string of the molecule is CC1(C)C(=O)N(c2ccc(C(F)(F)F)c(S)c2[N+](=O)[O-])C(=O)N1Cc1ccncc1. The highest BCUT2D eigenvalue weighted by molar-refractivity contribution is 7.80. The van der Waals surface area contributed by atoms with Crippen LogP contribution in [0, 0.1) is 10.1 Å². The van der Waals surface area contributed by atoms with Crippen molar-refractivity contribution >= 4 is 35.9 Å². The van der Waals surface area contributed by atoms with Gasteiger partial charge in [-0.3, -0.25) is 19.9 Å². The van der Waals surface area contributed by atoms with E-state index in [9.17, 15) is 32.9 Å². The molecule has 3 amide bonds. The number of alkyl halides is 3. The topological polar surface area (TPSA) is 96.7 Å². The molecule has 1 saturated heterocycles. The fourth-order valence-electron chi connectivity index (χ4n) is 3.14. The third kappa shape index (κ3) is 3.47. The van der Waals surface area contributed by atoms with Gasteiger partial charge in [-0.2, -0.15) is 13.2 Å². The summed E-state index contributed by atoms with van der Waals surface area (Å²) in [5.74, 6) is -0.808. The van der Waals surface area contributed by atoms with Crippen molar-refractivity contribution in [2.24, 2.45) is 0 Å². The molecule has 158 valence electrons. The van der Waals surface area contributed by atoms with Gasteiger partial charge in [0.1, 0.15) is 11.2 Å². The number of amides is 3. The lowest BCUT2D eigenvalue weighted by Crippen LogP contribution is -2.43. The molecule has 0 unspecified atom stereocenters. The minimum absolute atomic E-state index is 0.00123. The van der Waals surface area contributed by atoms with Crippen LogP contribution in [0.3, 0.4) is 0 Å². The van der Waals surface area contributed by atoms with Gasteiger partial charge in [0.2, 0.25) is 0 Å². The van der Waals surface area contributed by atoms with E-state index in [1.54, 1.807) is 12.1 Å². The predicted octanol–water partition coefficient (Wildman–Crippen LogP) is 4.04. The molecule has 0 N–H and O–H groups in total. The molecule has 0 aliphatic carbocycles. The largest absolute Gasteiger partial charge is 0.417 e. The summed E-state index contributed by atoms with van der Waals surface area (Å²) in [7, 11) is 0. The molecule has 1 aromatic carbocycles. The van der Waals surface area contributed by atoms with Crippen molar-refractivity contribution in [3.8, 4) is 0 Å². The zero-order valence-corrected chi connectivity index (χ0v) is 16.6. The Hall–Kier alpha value is -3.15. The average molecular weight is 440 g/mol. The van der Waals surface area contributed by atoms with Crippen molar-refractivity contribution in [2.45, 2.75) is 37.0 Å². The number of carbonyl (C=O) groups is 2. The lowest BCUT2D eigenvalue weighted by Gasteiger charge is -2.27. The number of nitrogens with zero attached hydrogens (tertiary/aromatic N) is 4. The van der Waals surface area contributed by atoms with Crippen molar-refractivity contribution in [3.63, 3.8) is 0 Å². The van der Waals surface area contributed by atoms with Gasteiger partial charge in [-0.05, 0) is 43.7 Å². The van der Waals surface area contributed by atoms with Crippen LogP contribution >= 0.6 is 12.6 Å². The number of hydrogen-bond donors (Lipinski definition) is 1. The molecule has 2 heterocycles. The summed E-state index contributed by atoms with van der Waals surface area (Å²) in [4.78, 5) is 41.1. The Balaban J connectivity index is 2.12. The third-order valence-corrected chi connectivity index (χ3v) is 5.22. The van der Waals surface area contributed by atoms with Crippen LogP contribution in [0.5, 0.6) is 0 Å². The first-order valence-electron chi connectivity index (χ1n) is 8.50. The van der Waals surface area contributed by atoms with Gasteiger partial charge in [-0.15, -0.1) is 12.6 Å². The average Bonchev–Trinajstić information content (AvgIpc) is 2.80. The normalized spacial score (nSPS) is 16.3. The number of nitro groups is 1. The van der Waals surface area contributed by atoms with Crippen LogP contribution in [-0.4, -0.2) is 32.3 Å². The molecule has 30 heavy (non-hydrogen) atoms. The van der Waals surface area contributed by atoms with Gasteiger partial charge < -0.3 is 4.90 Å². The molecule has 0 saturated carbocycles. The number of rotatable bonds is 4. The summed E-state index contributed by atoms with van der Waals surface area (Å²) in [6.07, 6.45) is -1.90. The monoisotopic (exact) mass is 440 g/mol. The van der Waals surface area contributed by atoms with Crippen LogP contribution < -0.4 is 4.90 Å². The molecule has 0 bridgehead atoms. The lowest BCUT2D eigenvalue weighted by atomic mass is 10.0. The Kier molecular flexibility index (Phi) is 5.23. The Morgan fingerprint density at radius 2 is 1.77 bits per heavy atom. The van der Waals surface area contributed by atoms with Gasteiger partial charge in [0.05, 0.1) is 15.4 Å². The van der Waals surface area contributed by atoms with Gasteiger partial charge in [0, 0.05) is 18.9 Å². The lowest BCUT2D eigenvalue weighted by molar-refractivity contribution is -0.387. The standard InChI is InChI=1S/C18H15F3N4O4S/c1-17(2)15(26)24(16(27)23(17)9-10-5-7-22-8-6-10)12-4-3-11(18(19,20)21)14(30)13(12)25(28)29/h3-8,30H,9H2,1-2H3. The second-order valence-electron chi connectivity index (χ2n) is 7.01. The molecule has 1 aliphatic heterocycles. The van der Waals surface area contributed by atoms with Gasteiger partial charge in [0.25, 0.3) is 5.91 Å². The zero-order valence-electron chi connectivity index (χ0n) is 15.7. The molecule has 1 aliphatic rings. The van der Waals surface area contributed by atoms with Crippen LogP contribution in [0.25, 0.3) is 0 Å². The van der Waals surface area contributed by atoms with E-state index in [0.29, 0.717) is 16.5 Å². The highest BCUT2D eigenvalue weighted by Gasteiger charge is 2.53. The van der Waals surface area contributed by atoms with E-state index in [1.807, 2.05) is 0 Å². The molecular weight excluding hydrogens is 425 g/mol. The summed E-state index contributed by atoms with van der Waals surface area (Å²) in [5.41, 5.74) is -3.73. The molecule has 0 spiro atoms. The van der Waals surface area contributed by atoms with Crippen molar-refractivity contribution in [1.82, 2.24) is 9.88 Å². The number of pyridine rings is 1.